The van der Waals surface area contributed by atoms with E-state index in [-0.39, 0.29) is 11.8 Å². The quantitative estimate of drug-likeness (QED) is 0.858. The SMILES string of the molecule is COC(=O)CCc1csc(Nc2cc(C)ccc2F)n1. The lowest BCUT2D eigenvalue weighted by Crippen LogP contribution is -2.02. The van der Waals surface area contributed by atoms with Gasteiger partial charge in [0.15, 0.2) is 5.13 Å². The molecule has 2 aromatic rings. The first-order valence-electron chi connectivity index (χ1n) is 6.13. The van der Waals surface area contributed by atoms with Crippen LogP contribution in [-0.2, 0) is 16.0 Å². The summed E-state index contributed by atoms with van der Waals surface area (Å²) in [5, 5.41) is 5.40. The zero-order valence-corrected chi connectivity index (χ0v) is 12.1. The summed E-state index contributed by atoms with van der Waals surface area (Å²) in [6, 6.07) is 4.86. The van der Waals surface area contributed by atoms with Crippen LogP contribution in [0.5, 0.6) is 0 Å². The number of halogens is 1. The molecular formula is C14H15FN2O2S. The Morgan fingerprint density at radius 3 is 3.05 bits per heavy atom. The maximum absolute atomic E-state index is 13.6. The summed E-state index contributed by atoms with van der Waals surface area (Å²) in [6.45, 7) is 1.90. The third-order valence-corrected chi connectivity index (χ3v) is 3.53. The van der Waals surface area contributed by atoms with Gasteiger partial charge < -0.3 is 10.1 Å². The minimum atomic E-state index is -0.318. The number of methoxy groups -OCH3 is 1. The topological polar surface area (TPSA) is 51.2 Å². The molecule has 0 radical (unpaired) electrons. The van der Waals surface area contributed by atoms with Crippen LogP contribution in [0.25, 0.3) is 0 Å². The Kier molecular flexibility index (Phi) is 4.68. The first-order valence-corrected chi connectivity index (χ1v) is 7.01. The molecule has 0 aliphatic heterocycles. The van der Waals surface area contributed by atoms with Crippen molar-refractivity contribution in [2.45, 2.75) is 19.8 Å². The predicted octanol–water partition coefficient (Wildman–Crippen LogP) is 3.44. The van der Waals surface area contributed by atoms with Crippen molar-refractivity contribution in [3.8, 4) is 0 Å². The van der Waals surface area contributed by atoms with Crippen molar-refractivity contribution in [1.82, 2.24) is 4.98 Å². The highest BCUT2D eigenvalue weighted by Gasteiger charge is 2.08. The second kappa shape index (κ2) is 6.47. The molecule has 1 heterocycles. The molecule has 106 valence electrons. The molecule has 0 aliphatic rings. The largest absolute Gasteiger partial charge is 0.469 e. The van der Waals surface area contributed by atoms with Gasteiger partial charge >= 0.3 is 5.97 Å². The summed E-state index contributed by atoms with van der Waals surface area (Å²) in [5.41, 5.74) is 2.16. The van der Waals surface area contributed by atoms with E-state index in [0.717, 1.165) is 11.3 Å². The van der Waals surface area contributed by atoms with Gasteiger partial charge in [-0.3, -0.25) is 4.79 Å². The zero-order valence-electron chi connectivity index (χ0n) is 11.3. The van der Waals surface area contributed by atoms with Crippen molar-refractivity contribution in [2.24, 2.45) is 0 Å². The Hall–Kier alpha value is -1.95. The normalized spacial score (nSPS) is 10.3. The maximum Gasteiger partial charge on any atom is 0.305 e. The lowest BCUT2D eigenvalue weighted by molar-refractivity contribution is -0.140. The van der Waals surface area contributed by atoms with Crippen LogP contribution < -0.4 is 5.32 Å². The fourth-order valence-corrected chi connectivity index (χ4v) is 2.42. The van der Waals surface area contributed by atoms with E-state index in [2.05, 4.69) is 15.0 Å². The van der Waals surface area contributed by atoms with E-state index in [0.29, 0.717) is 23.7 Å². The van der Waals surface area contributed by atoms with E-state index >= 15 is 0 Å². The number of esters is 1. The molecule has 0 aliphatic carbocycles. The molecule has 0 amide bonds. The van der Waals surface area contributed by atoms with Crippen LogP contribution in [-0.4, -0.2) is 18.1 Å². The average Bonchev–Trinajstić information content (AvgIpc) is 2.88. The van der Waals surface area contributed by atoms with Crippen LogP contribution in [0.4, 0.5) is 15.2 Å². The number of carbonyl (C=O) groups excluding carboxylic acids is 1. The molecule has 1 aromatic heterocycles. The molecule has 0 bridgehead atoms. The highest BCUT2D eigenvalue weighted by atomic mass is 32.1. The van der Waals surface area contributed by atoms with E-state index in [1.54, 1.807) is 12.1 Å². The van der Waals surface area contributed by atoms with E-state index in [1.807, 2.05) is 12.3 Å². The number of hydrogen-bond donors (Lipinski definition) is 1. The first kappa shape index (κ1) is 14.5. The summed E-state index contributed by atoms with van der Waals surface area (Å²) < 4.78 is 18.2. The van der Waals surface area contributed by atoms with Gasteiger partial charge in [-0.25, -0.2) is 9.37 Å². The average molecular weight is 294 g/mol. The number of aromatic nitrogens is 1. The van der Waals surface area contributed by atoms with Gasteiger partial charge in [-0.05, 0) is 24.6 Å². The van der Waals surface area contributed by atoms with E-state index in [1.165, 1.54) is 24.5 Å². The van der Waals surface area contributed by atoms with Crippen LogP contribution in [0.2, 0.25) is 0 Å². The lowest BCUT2D eigenvalue weighted by Gasteiger charge is -2.05. The van der Waals surface area contributed by atoms with Gasteiger partial charge in [0.2, 0.25) is 0 Å². The second-order valence-corrected chi connectivity index (χ2v) is 5.19. The van der Waals surface area contributed by atoms with Crippen molar-refractivity contribution in [3.05, 3.63) is 40.7 Å². The predicted molar refractivity (Wildman–Crippen MR) is 76.9 cm³/mol. The Labute approximate surface area is 120 Å². The van der Waals surface area contributed by atoms with E-state index in [4.69, 9.17) is 0 Å². The number of anilines is 2. The van der Waals surface area contributed by atoms with Crippen LogP contribution >= 0.6 is 11.3 Å². The third-order valence-electron chi connectivity index (χ3n) is 2.73. The number of aryl methyl sites for hydroxylation is 2. The fourth-order valence-electron chi connectivity index (χ4n) is 1.66. The van der Waals surface area contributed by atoms with Gasteiger partial charge in [0.25, 0.3) is 0 Å². The summed E-state index contributed by atoms with van der Waals surface area (Å²) in [6.07, 6.45) is 0.805. The summed E-state index contributed by atoms with van der Waals surface area (Å²) in [7, 11) is 1.36. The molecule has 2 rings (SSSR count). The molecule has 0 spiro atoms. The van der Waals surface area contributed by atoms with Gasteiger partial charge in [0.1, 0.15) is 5.82 Å². The smallest absolute Gasteiger partial charge is 0.305 e. The van der Waals surface area contributed by atoms with Crippen LogP contribution in [0.3, 0.4) is 0 Å². The molecule has 20 heavy (non-hydrogen) atoms. The highest BCUT2D eigenvalue weighted by Crippen LogP contribution is 2.24. The van der Waals surface area contributed by atoms with Gasteiger partial charge in [-0.2, -0.15) is 0 Å². The summed E-state index contributed by atoms with van der Waals surface area (Å²) in [5.74, 6) is -0.584. The standard InChI is InChI=1S/C14H15FN2O2S/c1-9-3-5-11(15)12(7-9)17-14-16-10(8-20-14)4-6-13(18)19-2/h3,5,7-8H,4,6H2,1-2H3,(H,16,17). The van der Waals surface area contributed by atoms with Crippen molar-refractivity contribution in [3.63, 3.8) is 0 Å². The van der Waals surface area contributed by atoms with Gasteiger partial charge in [0.05, 0.1) is 24.9 Å². The number of rotatable bonds is 5. The number of hydrogen-bond acceptors (Lipinski definition) is 5. The van der Waals surface area contributed by atoms with E-state index < -0.39 is 0 Å². The van der Waals surface area contributed by atoms with Crippen molar-refractivity contribution < 1.29 is 13.9 Å². The number of nitrogens with one attached hydrogen (secondary N) is 1. The monoisotopic (exact) mass is 294 g/mol. The van der Waals surface area contributed by atoms with Crippen molar-refractivity contribution in [1.29, 1.82) is 0 Å². The summed E-state index contributed by atoms with van der Waals surface area (Å²) >= 11 is 1.38. The number of nitrogens with zero attached hydrogens (tertiary/aromatic N) is 1. The highest BCUT2D eigenvalue weighted by molar-refractivity contribution is 7.13. The molecule has 4 nitrogen and oxygen atoms in total. The molecule has 0 fully saturated rings. The van der Waals surface area contributed by atoms with Gasteiger partial charge in [-0.15, -0.1) is 11.3 Å². The number of carbonyl (C=O) groups is 1. The maximum atomic E-state index is 13.6. The third kappa shape index (κ3) is 3.77. The number of thiazole rings is 1. The Bertz CT molecular complexity index is 613. The van der Waals surface area contributed by atoms with Gasteiger partial charge in [0, 0.05) is 11.8 Å². The van der Waals surface area contributed by atoms with Crippen LogP contribution in [0, 0.1) is 12.7 Å². The molecule has 0 saturated carbocycles. The zero-order chi connectivity index (χ0) is 14.5. The first-order chi connectivity index (χ1) is 9.58. The molecule has 0 saturated heterocycles. The molecule has 1 N–H and O–H groups in total. The Morgan fingerprint density at radius 2 is 2.30 bits per heavy atom. The van der Waals surface area contributed by atoms with Crippen molar-refractivity contribution >= 4 is 28.1 Å². The van der Waals surface area contributed by atoms with E-state index in [9.17, 15) is 9.18 Å². The lowest BCUT2D eigenvalue weighted by atomic mass is 10.2. The fraction of sp³-hybridized carbons (Fsp3) is 0.286. The van der Waals surface area contributed by atoms with Crippen molar-refractivity contribution in [2.75, 3.05) is 12.4 Å². The molecule has 0 atom stereocenters. The molecule has 0 unspecified atom stereocenters. The van der Waals surface area contributed by atoms with Gasteiger partial charge in [-0.1, -0.05) is 6.07 Å². The molecular weight excluding hydrogens is 279 g/mol. The Balaban J connectivity index is 2.02. The summed E-state index contributed by atoms with van der Waals surface area (Å²) in [4.78, 5) is 15.4. The van der Waals surface area contributed by atoms with Crippen LogP contribution in [0.15, 0.2) is 23.6 Å². The number of ether oxygens (including phenoxy) is 1. The number of benzene rings is 1. The second-order valence-electron chi connectivity index (χ2n) is 4.33. The minimum absolute atomic E-state index is 0.266. The Morgan fingerprint density at radius 1 is 1.50 bits per heavy atom. The molecule has 1 aromatic carbocycles. The minimum Gasteiger partial charge on any atom is -0.469 e. The van der Waals surface area contributed by atoms with Crippen LogP contribution in [0.1, 0.15) is 17.7 Å². The molecule has 6 heteroatoms.